The number of aryl methyl sites for hydroxylation is 1. The number of hydrogen-bond donors (Lipinski definition) is 2. The minimum absolute atomic E-state index is 0.0624. The molecule has 0 heterocycles. The molecule has 0 aromatic heterocycles. The minimum Gasteiger partial charge on any atom is -0.491 e. The predicted molar refractivity (Wildman–Crippen MR) is 74.6 cm³/mol. The van der Waals surface area contributed by atoms with Crippen molar-refractivity contribution in [2.24, 2.45) is 0 Å². The van der Waals surface area contributed by atoms with Crippen LogP contribution in [0.4, 0.5) is 0 Å². The lowest BCUT2D eigenvalue weighted by molar-refractivity contribution is -0.133. The molecule has 5 nitrogen and oxygen atoms in total. The van der Waals surface area contributed by atoms with Crippen molar-refractivity contribution in [3.05, 3.63) is 29.8 Å². The van der Waals surface area contributed by atoms with Gasteiger partial charge in [0.2, 0.25) is 5.91 Å². The van der Waals surface area contributed by atoms with Gasteiger partial charge in [0.25, 0.3) is 0 Å². The molecule has 0 bridgehead atoms. The van der Waals surface area contributed by atoms with Gasteiger partial charge in [0.1, 0.15) is 12.4 Å². The highest BCUT2D eigenvalue weighted by Gasteiger charge is 2.04. The van der Waals surface area contributed by atoms with Crippen LogP contribution in [-0.4, -0.2) is 41.6 Å². The Balaban J connectivity index is 2.12. The summed E-state index contributed by atoms with van der Waals surface area (Å²) in [5.74, 6) is -0.207. The van der Waals surface area contributed by atoms with E-state index in [1.807, 2.05) is 31.2 Å². The summed E-state index contributed by atoms with van der Waals surface area (Å²) in [6.45, 7) is 2.75. The van der Waals surface area contributed by atoms with E-state index in [0.717, 1.165) is 23.1 Å². The summed E-state index contributed by atoms with van der Waals surface area (Å²) in [4.78, 5) is 21.6. The molecular weight excluding hydrogens is 266 g/mol. The van der Waals surface area contributed by atoms with E-state index in [1.165, 1.54) is 0 Å². The van der Waals surface area contributed by atoms with Gasteiger partial charge in [-0.3, -0.25) is 9.59 Å². The largest absolute Gasteiger partial charge is 0.491 e. The number of aliphatic carboxylic acids is 1. The summed E-state index contributed by atoms with van der Waals surface area (Å²) in [6, 6.07) is 7.66. The first-order chi connectivity index (χ1) is 9.09. The molecule has 0 unspecified atom stereocenters. The van der Waals surface area contributed by atoms with Gasteiger partial charge in [-0.2, -0.15) is 0 Å². The summed E-state index contributed by atoms with van der Waals surface area (Å²) >= 11 is 1.07. The standard InChI is InChI=1S/C13H17NO4S/c1-10-4-2-3-5-11(10)18-7-6-14-12(15)8-19-9-13(16)17/h2-5H,6-9H2,1H3,(H,14,15)(H,16,17). The Bertz CT molecular complexity index is 436. The number of carboxylic acid groups (broad SMARTS) is 1. The maximum Gasteiger partial charge on any atom is 0.313 e. The Morgan fingerprint density at radius 1 is 1.32 bits per heavy atom. The number of para-hydroxylation sites is 1. The zero-order valence-electron chi connectivity index (χ0n) is 10.7. The van der Waals surface area contributed by atoms with E-state index in [2.05, 4.69) is 5.32 Å². The van der Waals surface area contributed by atoms with Crippen molar-refractivity contribution in [2.75, 3.05) is 24.7 Å². The smallest absolute Gasteiger partial charge is 0.313 e. The molecule has 0 aliphatic carbocycles. The van der Waals surface area contributed by atoms with Gasteiger partial charge in [-0.05, 0) is 18.6 Å². The first kappa shape index (κ1) is 15.4. The predicted octanol–water partition coefficient (Wildman–Crippen LogP) is 1.31. The van der Waals surface area contributed by atoms with Gasteiger partial charge in [0.15, 0.2) is 0 Å². The molecule has 0 radical (unpaired) electrons. The lowest BCUT2D eigenvalue weighted by Gasteiger charge is -2.09. The summed E-state index contributed by atoms with van der Waals surface area (Å²) in [5, 5.41) is 11.1. The highest BCUT2D eigenvalue weighted by atomic mass is 32.2. The monoisotopic (exact) mass is 283 g/mol. The van der Waals surface area contributed by atoms with E-state index in [1.54, 1.807) is 0 Å². The number of rotatable bonds is 8. The summed E-state index contributed by atoms with van der Waals surface area (Å²) < 4.78 is 5.51. The topological polar surface area (TPSA) is 75.6 Å². The average Bonchev–Trinajstić information content (AvgIpc) is 2.36. The molecule has 19 heavy (non-hydrogen) atoms. The van der Waals surface area contributed by atoms with Crippen molar-refractivity contribution in [3.63, 3.8) is 0 Å². The molecule has 0 atom stereocenters. The Morgan fingerprint density at radius 2 is 2.05 bits per heavy atom. The molecule has 0 spiro atoms. The molecule has 0 aliphatic rings. The molecule has 0 saturated heterocycles. The number of carbonyl (C=O) groups excluding carboxylic acids is 1. The van der Waals surface area contributed by atoms with Gasteiger partial charge in [0.05, 0.1) is 18.1 Å². The molecular formula is C13H17NO4S. The summed E-state index contributed by atoms with van der Waals surface area (Å²) in [5.41, 5.74) is 1.05. The Kier molecular flexibility index (Phi) is 6.81. The second-order valence-corrected chi connectivity index (χ2v) is 4.84. The summed E-state index contributed by atoms with van der Waals surface area (Å²) in [6.07, 6.45) is 0. The van der Waals surface area contributed by atoms with Gasteiger partial charge >= 0.3 is 5.97 Å². The molecule has 6 heteroatoms. The lowest BCUT2D eigenvalue weighted by atomic mass is 10.2. The van der Waals surface area contributed by atoms with Crippen LogP contribution in [0.2, 0.25) is 0 Å². The van der Waals surface area contributed by atoms with E-state index in [4.69, 9.17) is 9.84 Å². The number of hydrogen-bond acceptors (Lipinski definition) is 4. The Hall–Kier alpha value is -1.69. The van der Waals surface area contributed by atoms with Crippen LogP contribution in [0.3, 0.4) is 0 Å². The van der Waals surface area contributed by atoms with Gasteiger partial charge in [-0.15, -0.1) is 11.8 Å². The van der Waals surface area contributed by atoms with E-state index >= 15 is 0 Å². The average molecular weight is 283 g/mol. The first-order valence-electron chi connectivity index (χ1n) is 5.84. The maximum atomic E-state index is 11.3. The van der Waals surface area contributed by atoms with Gasteiger partial charge < -0.3 is 15.2 Å². The fraction of sp³-hybridized carbons (Fsp3) is 0.385. The van der Waals surface area contributed by atoms with Crippen LogP contribution in [0.25, 0.3) is 0 Å². The van der Waals surface area contributed by atoms with Gasteiger partial charge in [-0.1, -0.05) is 18.2 Å². The molecule has 1 rings (SSSR count). The number of carbonyl (C=O) groups is 2. The molecule has 0 aliphatic heterocycles. The van der Waals surface area contributed by atoms with Crippen molar-refractivity contribution in [3.8, 4) is 5.75 Å². The highest BCUT2D eigenvalue weighted by Crippen LogP contribution is 2.15. The number of benzene rings is 1. The molecule has 2 N–H and O–H groups in total. The molecule has 0 fully saturated rings. The van der Waals surface area contributed by atoms with E-state index in [9.17, 15) is 9.59 Å². The third kappa shape index (κ3) is 6.71. The number of nitrogens with one attached hydrogen (secondary N) is 1. The van der Waals surface area contributed by atoms with E-state index in [0.29, 0.717) is 13.2 Å². The SMILES string of the molecule is Cc1ccccc1OCCNC(=O)CSCC(=O)O. The third-order valence-corrected chi connectivity index (χ3v) is 3.15. The van der Waals surface area contributed by atoms with Crippen molar-refractivity contribution < 1.29 is 19.4 Å². The van der Waals surface area contributed by atoms with Crippen molar-refractivity contribution >= 4 is 23.6 Å². The highest BCUT2D eigenvalue weighted by molar-refractivity contribution is 8.00. The number of ether oxygens (including phenoxy) is 1. The fourth-order valence-corrected chi connectivity index (χ4v) is 1.92. The van der Waals surface area contributed by atoms with Gasteiger partial charge in [0, 0.05) is 0 Å². The Morgan fingerprint density at radius 3 is 2.74 bits per heavy atom. The van der Waals surface area contributed by atoms with E-state index < -0.39 is 5.97 Å². The first-order valence-corrected chi connectivity index (χ1v) is 6.99. The van der Waals surface area contributed by atoms with Crippen LogP contribution in [-0.2, 0) is 9.59 Å². The normalized spacial score (nSPS) is 9.95. The van der Waals surface area contributed by atoms with Crippen LogP contribution in [0.5, 0.6) is 5.75 Å². The number of carboxylic acids is 1. The second kappa shape index (κ2) is 8.42. The zero-order valence-corrected chi connectivity index (χ0v) is 11.5. The number of amides is 1. The van der Waals surface area contributed by atoms with Gasteiger partial charge in [-0.25, -0.2) is 0 Å². The molecule has 1 amide bonds. The fourth-order valence-electron chi connectivity index (χ4n) is 1.35. The minimum atomic E-state index is -0.916. The lowest BCUT2D eigenvalue weighted by Crippen LogP contribution is -2.29. The van der Waals surface area contributed by atoms with Crippen LogP contribution < -0.4 is 10.1 Å². The quantitative estimate of drug-likeness (QED) is 0.704. The second-order valence-electron chi connectivity index (χ2n) is 3.85. The van der Waals surface area contributed by atoms with Crippen LogP contribution in [0.1, 0.15) is 5.56 Å². The molecule has 1 aromatic carbocycles. The zero-order chi connectivity index (χ0) is 14.1. The third-order valence-electron chi connectivity index (χ3n) is 2.23. The summed E-state index contributed by atoms with van der Waals surface area (Å²) in [7, 11) is 0. The van der Waals surface area contributed by atoms with E-state index in [-0.39, 0.29) is 17.4 Å². The molecule has 104 valence electrons. The molecule has 0 saturated carbocycles. The molecule has 1 aromatic rings. The number of thioether (sulfide) groups is 1. The van der Waals surface area contributed by atoms with Crippen LogP contribution >= 0.6 is 11.8 Å². The van der Waals surface area contributed by atoms with Crippen LogP contribution in [0.15, 0.2) is 24.3 Å². The van der Waals surface area contributed by atoms with Crippen molar-refractivity contribution in [2.45, 2.75) is 6.92 Å². The maximum absolute atomic E-state index is 11.3. The van der Waals surface area contributed by atoms with Crippen molar-refractivity contribution in [1.29, 1.82) is 0 Å². The van der Waals surface area contributed by atoms with Crippen LogP contribution in [0, 0.1) is 6.92 Å². The van der Waals surface area contributed by atoms with Crippen molar-refractivity contribution in [1.82, 2.24) is 5.32 Å². The Labute approximate surface area is 116 Å².